The van der Waals surface area contributed by atoms with E-state index in [2.05, 4.69) is 21.3 Å². The zero-order valence-electron chi connectivity index (χ0n) is 18.5. The molecule has 34 heavy (non-hydrogen) atoms. The van der Waals surface area contributed by atoms with Crippen LogP contribution in [0.1, 0.15) is 36.7 Å². The van der Waals surface area contributed by atoms with Crippen molar-refractivity contribution in [2.24, 2.45) is 5.92 Å². The van der Waals surface area contributed by atoms with Gasteiger partial charge >= 0.3 is 6.03 Å². The Hall–Kier alpha value is -3.99. The van der Waals surface area contributed by atoms with E-state index in [0.717, 1.165) is 6.07 Å². The molecule has 1 fully saturated rings. The van der Waals surface area contributed by atoms with Gasteiger partial charge in [0.15, 0.2) is 0 Å². The number of benzene rings is 2. The highest BCUT2D eigenvalue weighted by Gasteiger charge is 2.43. The lowest BCUT2D eigenvalue weighted by molar-refractivity contribution is -0.384. The van der Waals surface area contributed by atoms with Crippen LogP contribution in [-0.2, 0) is 15.1 Å². The summed E-state index contributed by atoms with van der Waals surface area (Å²) >= 11 is 5.79. The number of anilines is 1. The minimum Gasteiger partial charge on any atom is -0.340 e. The molecule has 11 nitrogen and oxygen atoms in total. The Labute approximate surface area is 199 Å². The third-order valence-corrected chi connectivity index (χ3v) is 5.71. The van der Waals surface area contributed by atoms with E-state index < -0.39 is 45.9 Å². The van der Waals surface area contributed by atoms with Gasteiger partial charge in [-0.25, -0.2) is 4.79 Å². The van der Waals surface area contributed by atoms with E-state index in [4.69, 9.17) is 11.6 Å². The maximum atomic E-state index is 13.0. The van der Waals surface area contributed by atoms with E-state index in [9.17, 15) is 29.3 Å². The second kappa shape index (κ2) is 9.48. The molecule has 178 valence electrons. The molecular weight excluding hydrogens is 466 g/mol. The SMILES string of the molecule is CC(C)C(NC(=O)c1ccc(Cl)c([N+](=O)[O-])c1)C(=O)Nc1cccc(C2(C)NC(=O)NC2=O)c1. The molecule has 1 aliphatic heterocycles. The summed E-state index contributed by atoms with van der Waals surface area (Å²) in [7, 11) is 0. The van der Waals surface area contributed by atoms with Crippen molar-refractivity contribution >= 4 is 46.7 Å². The lowest BCUT2D eigenvalue weighted by Gasteiger charge is -2.24. The van der Waals surface area contributed by atoms with Gasteiger partial charge in [-0.05, 0) is 42.7 Å². The van der Waals surface area contributed by atoms with Crippen LogP contribution in [0.3, 0.4) is 0 Å². The zero-order chi connectivity index (χ0) is 25.2. The van der Waals surface area contributed by atoms with Crippen LogP contribution in [0.15, 0.2) is 42.5 Å². The van der Waals surface area contributed by atoms with Crippen molar-refractivity contribution in [1.29, 1.82) is 0 Å². The smallest absolute Gasteiger partial charge is 0.322 e. The molecule has 5 amide bonds. The fourth-order valence-corrected chi connectivity index (χ4v) is 3.61. The number of nitrogens with one attached hydrogen (secondary N) is 4. The van der Waals surface area contributed by atoms with Crippen LogP contribution in [0.4, 0.5) is 16.2 Å². The van der Waals surface area contributed by atoms with Crippen molar-refractivity contribution < 1.29 is 24.1 Å². The summed E-state index contributed by atoms with van der Waals surface area (Å²) in [5.41, 5.74) is -0.945. The molecule has 0 bridgehead atoms. The number of nitro benzene ring substituents is 1. The Morgan fingerprint density at radius 2 is 1.85 bits per heavy atom. The standard InChI is InChI=1S/C22H22ClN5O6/c1-11(2)17(25-18(29)12-7-8-15(23)16(9-12)28(33)34)19(30)24-14-6-4-5-13(10-14)22(3)20(31)26-21(32)27-22/h4-11,17H,1-3H3,(H,24,30)(H,25,29)(H2,26,27,31,32). The third kappa shape index (κ3) is 4.99. The molecule has 2 aromatic carbocycles. The summed E-state index contributed by atoms with van der Waals surface area (Å²) in [5, 5.41) is 21.0. The molecular formula is C22H22ClN5O6. The number of carbonyl (C=O) groups is 4. The van der Waals surface area contributed by atoms with Gasteiger partial charge in [-0.3, -0.25) is 29.8 Å². The van der Waals surface area contributed by atoms with Crippen molar-refractivity contribution in [2.45, 2.75) is 32.4 Å². The molecule has 1 aliphatic rings. The quantitative estimate of drug-likeness (QED) is 0.267. The highest BCUT2D eigenvalue weighted by atomic mass is 35.5. The van der Waals surface area contributed by atoms with Crippen LogP contribution in [0.5, 0.6) is 0 Å². The number of hydrogen-bond donors (Lipinski definition) is 4. The largest absolute Gasteiger partial charge is 0.340 e. The predicted octanol–water partition coefficient (Wildman–Crippen LogP) is 2.70. The molecule has 2 atom stereocenters. The molecule has 0 radical (unpaired) electrons. The van der Waals surface area contributed by atoms with Crippen LogP contribution in [-0.4, -0.2) is 34.7 Å². The van der Waals surface area contributed by atoms with Crippen molar-refractivity contribution in [1.82, 2.24) is 16.0 Å². The Morgan fingerprint density at radius 3 is 2.44 bits per heavy atom. The van der Waals surface area contributed by atoms with Gasteiger partial charge in [0.2, 0.25) is 5.91 Å². The summed E-state index contributed by atoms with van der Waals surface area (Å²) in [6.45, 7) is 4.99. The summed E-state index contributed by atoms with van der Waals surface area (Å²) in [5.74, 6) is -2.06. The number of carbonyl (C=O) groups excluding carboxylic acids is 4. The van der Waals surface area contributed by atoms with Crippen molar-refractivity contribution in [3.63, 3.8) is 0 Å². The lowest BCUT2D eigenvalue weighted by Crippen LogP contribution is -2.47. The van der Waals surface area contributed by atoms with E-state index in [1.807, 2.05) is 0 Å². The molecule has 0 saturated carbocycles. The Morgan fingerprint density at radius 1 is 1.15 bits per heavy atom. The first-order valence-corrected chi connectivity index (χ1v) is 10.6. The van der Waals surface area contributed by atoms with Gasteiger partial charge in [0.25, 0.3) is 17.5 Å². The number of urea groups is 1. The first-order chi connectivity index (χ1) is 15.9. The summed E-state index contributed by atoms with van der Waals surface area (Å²) in [6, 6.07) is 8.40. The average molecular weight is 488 g/mol. The average Bonchev–Trinajstić information content (AvgIpc) is 3.04. The van der Waals surface area contributed by atoms with Crippen LogP contribution in [0, 0.1) is 16.0 Å². The minimum absolute atomic E-state index is 0.0209. The number of hydrogen-bond acceptors (Lipinski definition) is 6. The fourth-order valence-electron chi connectivity index (χ4n) is 3.43. The van der Waals surface area contributed by atoms with Gasteiger partial charge in [-0.1, -0.05) is 37.6 Å². The molecule has 1 saturated heterocycles. The molecule has 2 unspecified atom stereocenters. The molecule has 4 N–H and O–H groups in total. The van der Waals surface area contributed by atoms with Gasteiger partial charge in [-0.15, -0.1) is 0 Å². The Kier molecular flexibility index (Phi) is 6.87. The highest BCUT2D eigenvalue weighted by Crippen LogP contribution is 2.27. The Bertz CT molecular complexity index is 1200. The number of amides is 5. The van der Waals surface area contributed by atoms with Crippen molar-refractivity contribution in [3.05, 3.63) is 68.7 Å². The summed E-state index contributed by atoms with van der Waals surface area (Å²) in [4.78, 5) is 59.8. The lowest BCUT2D eigenvalue weighted by atomic mass is 9.92. The van der Waals surface area contributed by atoms with Crippen molar-refractivity contribution in [3.8, 4) is 0 Å². The number of nitro groups is 1. The van der Waals surface area contributed by atoms with E-state index >= 15 is 0 Å². The number of nitrogens with zero attached hydrogens (tertiary/aromatic N) is 1. The Balaban J connectivity index is 1.78. The van der Waals surface area contributed by atoms with Crippen LogP contribution < -0.4 is 21.3 Å². The highest BCUT2D eigenvalue weighted by molar-refractivity contribution is 6.32. The van der Waals surface area contributed by atoms with E-state index in [1.165, 1.54) is 19.1 Å². The van der Waals surface area contributed by atoms with Gasteiger partial charge in [-0.2, -0.15) is 0 Å². The van der Waals surface area contributed by atoms with E-state index in [0.29, 0.717) is 11.3 Å². The van der Waals surface area contributed by atoms with Crippen LogP contribution in [0.25, 0.3) is 0 Å². The topological polar surface area (TPSA) is 160 Å². The second-order valence-electron chi connectivity index (χ2n) is 8.22. The van der Waals surface area contributed by atoms with Crippen LogP contribution >= 0.6 is 11.6 Å². The summed E-state index contributed by atoms with van der Waals surface area (Å²) in [6.07, 6.45) is 0. The minimum atomic E-state index is -1.30. The predicted molar refractivity (Wildman–Crippen MR) is 123 cm³/mol. The number of imide groups is 1. The summed E-state index contributed by atoms with van der Waals surface area (Å²) < 4.78 is 0. The normalized spacial score (nSPS) is 18.1. The number of rotatable bonds is 7. The van der Waals surface area contributed by atoms with Gasteiger partial charge in [0.1, 0.15) is 16.6 Å². The van der Waals surface area contributed by atoms with Gasteiger partial charge in [0.05, 0.1) is 4.92 Å². The molecule has 3 rings (SSSR count). The molecule has 12 heteroatoms. The zero-order valence-corrected chi connectivity index (χ0v) is 19.2. The van der Waals surface area contributed by atoms with Crippen LogP contribution in [0.2, 0.25) is 5.02 Å². The molecule has 0 spiro atoms. The molecule has 0 aliphatic carbocycles. The molecule has 1 heterocycles. The molecule has 2 aromatic rings. The van der Waals surface area contributed by atoms with E-state index in [-0.39, 0.29) is 16.5 Å². The first-order valence-electron chi connectivity index (χ1n) is 10.2. The van der Waals surface area contributed by atoms with Gasteiger partial charge in [0, 0.05) is 17.3 Å². The maximum absolute atomic E-state index is 13.0. The fraction of sp³-hybridized carbons (Fsp3) is 0.273. The number of halogens is 1. The second-order valence-corrected chi connectivity index (χ2v) is 8.63. The third-order valence-electron chi connectivity index (χ3n) is 5.39. The van der Waals surface area contributed by atoms with Crippen molar-refractivity contribution in [2.75, 3.05) is 5.32 Å². The first kappa shape index (κ1) is 24.6. The molecule has 0 aromatic heterocycles. The maximum Gasteiger partial charge on any atom is 0.322 e. The van der Waals surface area contributed by atoms with Gasteiger partial charge < -0.3 is 16.0 Å². The van der Waals surface area contributed by atoms with E-state index in [1.54, 1.807) is 38.1 Å². The monoisotopic (exact) mass is 487 g/mol.